The third kappa shape index (κ3) is 5.82. The topological polar surface area (TPSA) is 114 Å². The van der Waals surface area contributed by atoms with E-state index in [-0.39, 0.29) is 31.1 Å². The van der Waals surface area contributed by atoms with Crippen LogP contribution in [0.25, 0.3) is 0 Å². The van der Waals surface area contributed by atoms with Crippen LogP contribution in [0.1, 0.15) is 28.8 Å². The van der Waals surface area contributed by atoms with E-state index in [1.165, 1.54) is 24.3 Å². The number of nitrogens with one attached hydrogen (secondary N) is 1. The van der Waals surface area contributed by atoms with Crippen LogP contribution in [-0.2, 0) is 16.1 Å². The van der Waals surface area contributed by atoms with Crippen molar-refractivity contribution in [3.05, 3.63) is 59.4 Å². The van der Waals surface area contributed by atoms with E-state index >= 15 is 0 Å². The van der Waals surface area contributed by atoms with Crippen LogP contribution in [0.4, 0.5) is 4.39 Å². The van der Waals surface area contributed by atoms with Gasteiger partial charge in [0.05, 0.1) is 0 Å². The van der Waals surface area contributed by atoms with Gasteiger partial charge in [0.1, 0.15) is 11.9 Å². The van der Waals surface area contributed by atoms with Gasteiger partial charge in [-0.2, -0.15) is 0 Å². The molecule has 180 valence electrons. The number of piperazine rings is 1. The SMILES string of the molecule is NC(=O)CC[C@@H](NC(=O)c1ccc(F)cc1)C(=O)N1CCN(Cc2ccc3c(c2)OCO3)CC1. The number of primary amides is 1. The molecule has 3 amide bonds. The van der Waals surface area contributed by atoms with Gasteiger partial charge in [0, 0.05) is 44.7 Å². The standard InChI is InChI=1S/C24H27FN4O5/c25-18-4-2-17(3-5-18)23(31)27-19(6-8-22(26)30)24(32)29-11-9-28(10-12-29)14-16-1-7-20-21(13-16)34-15-33-20/h1-5,7,13,19H,6,8-12,14-15H2,(H2,26,30)(H,27,31)/t19-/m1/s1. The largest absolute Gasteiger partial charge is 0.454 e. The van der Waals surface area contributed by atoms with Crippen molar-refractivity contribution in [3.63, 3.8) is 0 Å². The highest BCUT2D eigenvalue weighted by Gasteiger charge is 2.29. The molecular weight excluding hydrogens is 443 g/mol. The molecule has 0 spiro atoms. The number of nitrogens with two attached hydrogens (primary N) is 1. The Bertz CT molecular complexity index is 1050. The first-order chi connectivity index (χ1) is 16.4. The van der Waals surface area contributed by atoms with E-state index in [0.29, 0.717) is 32.7 Å². The number of hydrogen-bond acceptors (Lipinski definition) is 6. The second-order valence-corrected chi connectivity index (χ2v) is 8.33. The molecule has 2 aliphatic rings. The van der Waals surface area contributed by atoms with Crippen LogP contribution < -0.4 is 20.5 Å². The van der Waals surface area contributed by atoms with E-state index in [2.05, 4.69) is 10.2 Å². The summed E-state index contributed by atoms with van der Waals surface area (Å²) in [6.07, 6.45) is 0.0582. The zero-order valence-corrected chi connectivity index (χ0v) is 18.7. The fraction of sp³-hybridized carbons (Fsp3) is 0.375. The highest BCUT2D eigenvalue weighted by molar-refractivity contribution is 5.97. The minimum atomic E-state index is -0.898. The number of hydrogen-bond donors (Lipinski definition) is 2. The predicted octanol–water partition coefficient (Wildman–Crippen LogP) is 1.26. The predicted molar refractivity (Wildman–Crippen MR) is 121 cm³/mol. The number of carbonyl (C=O) groups is 3. The molecule has 2 aromatic rings. The van der Waals surface area contributed by atoms with Crippen molar-refractivity contribution < 1.29 is 28.2 Å². The van der Waals surface area contributed by atoms with Gasteiger partial charge in [-0.25, -0.2) is 4.39 Å². The average molecular weight is 471 g/mol. The summed E-state index contributed by atoms with van der Waals surface area (Å²) in [6, 6.07) is 9.99. The Morgan fingerprint density at radius 1 is 1.00 bits per heavy atom. The second-order valence-electron chi connectivity index (χ2n) is 8.33. The maximum Gasteiger partial charge on any atom is 0.251 e. The third-order valence-electron chi connectivity index (χ3n) is 5.92. The van der Waals surface area contributed by atoms with Gasteiger partial charge in [0.15, 0.2) is 11.5 Å². The van der Waals surface area contributed by atoms with Crippen LogP contribution >= 0.6 is 0 Å². The number of halogens is 1. The lowest BCUT2D eigenvalue weighted by Gasteiger charge is -2.36. The summed E-state index contributed by atoms with van der Waals surface area (Å²) in [4.78, 5) is 41.0. The summed E-state index contributed by atoms with van der Waals surface area (Å²) >= 11 is 0. The van der Waals surface area contributed by atoms with Crippen molar-refractivity contribution in [1.29, 1.82) is 0 Å². The molecule has 2 aromatic carbocycles. The summed E-state index contributed by atoms with van der Waals surface area (Å²) < 4.78 is 23.9. The number of amides is 3. The molecular formula is C24H27FN4O5. The molecule has 0 aliphatic carbocycles. The summed E-state index contributed by atoms with van der Waals surface area (Å²) in [5.41, 5.74) is 6.58. The van der Waals surface area contributed by atoms with Crippen molar-refractivity contribution in [1.82, 2.24) is 15.1 Å². The first-order valence-corrected chi connectivity index (χ1v) is 11.1. The van der Waals surface area contributed by atoms with Crippen LogP contribution in [0.15, 0.2) is 42.5 Å². The number of ether oxygens (including phenoxy) is 2. The minimum Gasteiger partial charge on any atom is -0.454 e. The molecule has 0 bridgehead atoms. The van der Waals surface area contributed by atoms with Crippen molar-refractivity contribution in [3.8, 4) is 11.5 Å². The Hall–Kier alpha value is -3.66. The molecule has 0 aromatic heterocycles. The Balaban J connectivity index is 1.34. The van der Waals surface area contributed by atoms with Gasteiger partial charge in [0.25, 0.3) is 5.91 Å². The van der Waals surface area contributed by atoms with Gasteiger partial charge >= 0.3 is 0 Å². The van der Waals surface area contributed by atoms with Crippen LogP contribution in [0.2, 0.25) is 0 Å². The Morgan fingerprint density at radius 3 is 2.41 bits per heavy atom. The quantitative estimate of drug-likeness (QED) is 0.601. The molecule has 1 fully saturated rings. The van der Waals surface area contributed by atoms with Gasteiger partial charge < -0.3 is 25.4 Å². The van der Waals surface area contributed by atoms with Crippen LogP contribution in [0, 0.1) is 5.82 Å². The highest BCUT2D eigenvalue weighted by atomic mass is 19.1. The molecule has 0 saturated carbocycles. The second kappa shape index (κ2) is 10.5. The van der Waals surface area contributed by atoms with Gasteiger partial charge in [-0.15, -0.1) is 0 Å². The molecule has 1 atom stereocenters. The summed E-state index contributed by atoms with van der Waals surface area (Å²) in [5.74, 6) is -0.313. The molecule has 0 radical (unpaired) electrons. The van der Waals surface area contributed by atoms with Crippen molar-refractivity contribution >= 4 is 17.7 Å². The Labute approximate surface area is 196 Å². The van der Waals surface area contributed by atoms with E-state index < -0.39 is 23.7 Å². The number of fused-ring (bicyclic) bond motifs is 1. The lowest BCUT2D eigenvalue weighted by Crippen LogP contribution is -2.54. The van der Waals surface area contributed by atoms with Gasteiger partial charge in [-0.3, -0.25) is 19.3 Å². The summed E-state index contributed by atoms with van der Waals surface area (Å²) in [7, 11) is 0. The zero-order chi connectivity index (χ0) is 24.1. The molecule has 10 heteroatoms. The van der Waals surface area contributed by atoms with Crippen LogP contribution in [0.5, 0.6) is 11.5 Å². The maximum atomic E-state index is 13.2. The van der Waals surface area contributed by atoms with E-state index in [0.717, 1.165) is 17.1 Å². The molecule has 0 unspecified atom stereocenters. The van der Waals surface area contributed by atoms with Gasteiger partial charge in [-0.1, -0.05) is 6.07 Å². The summed E-state index contributed by atoms with van der Waals surface area (Å²) in [6.45, 7) is 3.24. The third-order valence-corrected chi connectivity index (χ3v) is 5.92. The number of rotatable bonds is 8. The molecule has 1 saturated heterocycles. The Kier molecular flexibility index (Phi) is 7.27. The zero-order valence-electron chi connectivity index (χ0n) is 18.7. The average Bonchev–Trinajstić information content (AvgIpc) is 3.30. The lowest BCUT2D eigenvalue weighted by atomic mass is 10.1. The van der Waals surface area contributed by atoms with Crippen LogP contribution in [0.3, 0.4) is 0 Å². The van der Waals surface area contributed by atoms with Crippen molar-refractivity contribution in [2.75, 3.05) is 33.0 Å². The molecule has 2 aliphatic heterocycles. The fourth-order valence-corrected chi connectivity index (χ4v) is 4.03. The van der Waals surface area contributed by atoms with Gasteiger partial charge in [0.2, 0.25) is 18.6 Å². The molecule has 4 rings (SSSR count). The fourth-order valence-electron chi connectivity index (χ4n) is 4.03. The minimum absolute atomic E-state index is 0.0375. The van der Waals surface area contributed by atoms with Crippen LogP contribution in [-0.4, -0.2) is 66.5 Å². The molecule has 9 nitrogen and oxygen atoms in total. The number of carbonyl (C=O) groups excluding carboxylic acids is 3. The molecule has 34 heavy (non-hydrogen) atoms. The van der Waals surface area contributed by atoms with E-state index in [1.807, 2.05) is 18.2 Å². The number of benzene rings is 2. The highest BCUT2D eigenvalue weighted by Crippen LogP contribution is 2.32. The maximum absolute atomic E-state index is 13.2. The van der Waals surface area contributed by atoms with E-state index in [9.17, 15) is 18.8 Å². The Morgan fingerprint density at radius 2 is 1.71 bits per heavy atom. The monoisotopic (exact) mass is 470 g/mol. The van der Waals surface area contributed by atoms with Gasteiger partial charge in [-0.05, 0) is 48.4 Å². The lowest BCUT2D eigenvalue weighted by molar-refractivity contribution is -0.135. The normalized spacial score (nSPS) is 16.2. The first kappa shape index (κ1) is 23.5. The first-order valence-electron chi connectivity index (χ1n) is 11.1. The smallest absolute Gasteiger partial charge is 0.251 e. The van der Waals surface area contributed by atoms with Crippen molar-refractivity contribution in [2.45, 2.75) is 25.4 Å². The number of nitrogens with zero attached hydrogens (tertiary/aromatic N) is 2. The molecule has 3 N–H and O–H groups in total. The van der Waals surface area contributed by atoms with E-state index in [1.54, 1.807) is 4.90 Å². The van der Waals surface area contributed by atoms with Crippen molar-refractivity contribution in [2.24, 2.45) is 5.73 Å². The molecule has 2 heterocycles. The summed E-state index contributed by atoms with van der Waals surface area (Å²) in [5, 5.41) is 2.68. The van der Waals surface area contributed by atoms with E-state index in [4.69, 9.17) is 15.2 Å².